The van der Waals surface area contributed by atoms with Crippen LogP contribution in [0.5, 0.6) is 0 Å². The molecule has 0 radical (unpaired) electrons. The fraction of sp³-hybridized carbons (Fsp3) is 0.267. The summed E-state index contributed by atoms with van der Waals surface area (Å²) in [5.74, 6) is 0.204. The van der Waals surface area contributed by atoms with Gasteiger partial charge in [-0.3, -0.25) is 4.79 Å². The molecular weight excluding hydrogens is 242 g/mol. The minimum atomic E-state index is 0.204. The van der Waals surface area contributed by atoms with Gasteiger partial charge in [-0.15, -0.1) is 11.3 Å². The summed E-state index contributed by atoms with van der Waals surface area (Å²) in [6, 6.07) is 12.5. The van der Waals surface area contributed by atoms with Crippen LogP contribution in [0, 0.1) is 0 Å². The lowest BCUT2D eigenvalue weighted by atomic mass is 10.1. The van der Waals surface area contributed by atoms with E-state index in [-0.39, 0.29) is 11.9 Å². The van der Waals surface area contributed by atoms with Gasteiger partial charge in [0.1, 0.15) is 0 Å². The number of anilines is 1. The molecule has 1 atom stereocenters. The van der Waals surface area contributed by atoms with Gasteiger partial charge in [-0.1, -0.05) is 24.3 Å². The summed E-state index contributed by atoms with van der Waals surface area (Å²) in [5, 5.41) is 2.02. The molecule has 0 saturated carbocycles. The summed E-state index contributed by atoms with van der Waals surface area (Å²) in [4.78, 5) is 15.5. The van der Waals surface area contributed by atoms with Crippen LogP contribution >= 0.6 is 11.3 Å². The van der Waals surface area contributed by atoms with Gasteiger partial charge in [0.15, 0.2) is 0 Å². The number of nitrogens with zero attached hydrogens (tertiary/aromatic N) is 1. The van der Waals surface area contributed by atoms with Gasteiger partial charge in [-0.2, -0.15) is 0 Å². The van der Waals surface area contributed by atoms with Gasteiger partial charge in [0.2, 0.25) is 5.91 Å². The van der Waals surface area contributed by atoms with Crippen LogP contribution in [0.25, 0.3) is 0 Å². The van der Waals surface area contributed by atoms with Crippen molar-refractivity contribution < 1.29 is 4.79 Å². The summed E-state index contributed by atoms with van der Waals surface area (Å²) >= 11 is 1.65. The Kier molecular flexibility index (Phi) is 2.92. The zero-order chi connectivity index (χ0) is 12.5. The first-order chi connectivity index (χ1) is 8.75. The summed E-state index contributed by atoms with van der Waals surface area (Å²) in [6.45, 7) is 2.12. The molecule has 1 aliphatic heterocycles. The van der Waals surface area contributed by atoms with E-state index in [2.05, 4.69) is 13.0 Å². The van der Waals surface area contributed by atoms with Crippen molar-refractivity contribution in [3.8, 4) is 0 Å². The monoisotopic (exact) mass is 257 g/mol. The molecule has 0 spiro atoms. The van der Waals surface area contributed by atoms with Gasteiger partial charge in [0.05, 0.1) is 6.42 Å². The van der Waals surface area contributed by atoms with Crippen LogP contribution in [0.4, 0.5) is 5.69 Å². The quantitative estimate of drug-likeness (QED) is 0.808. The first kappa shape index (κ1) is 11.5. The molecule has 2 aromatic rings. The van der Waals surface area contributed by atoms with E-state index in [1.165, 1.54) is 5.56 Å². The highest BCUT2D eigenvalue weighted by atomic mass is 32.1. The first-order valence-corrected chi connectivity index (χ1v) is 7.06. The number of hydrogen-bond donors (Lipinski definition) is 0. The molecule has 1 aromatic carbocycles. The van der Waals surface area contributed by atoms with Crippen molar-refractivity contribution in [2.45, 2.75) is 25.8 Å². The Hall–Kier alpha value is -1.61. The fourth-order valence-electron chi connectivity index (χ4n) is 2.59. The maximum Gasteiger partial charge on any atom is 0.232 e. The van der Waals surface area contributed by atoms with E-state index in [1.807, 2.05) is 40.6 Å². The second-order valence-corrected chi connectivity index (χ2v) is 5.73. The lowest BCUT2D eigenvalue weighted by Gasteiger charge is -2.22. The number of benzene rings is 1. The SMILES string of the molecule is C[C@H]1Cc2ccccc2N1C(=O)Cc1cccs1. The topological polar surface area (TPSA) is 20.3 Å². The number of rotatable bonds is 2. The van der Waals surface area contributed by atoms with Crippen molar-refractivity contribution in [1.29, 1.82) is 0 Å². The Morgan fingerprint density at radius 2 is 2.17 bits per heavy atom. The number of thiophene rings is 1. The molecule has 18 heavy (non-hydrogen) atoms. The molecule has 3 heteroatoms. The number of fused-ring (bicyclic) bond motifs is 1. The Bertz CT molecular complexity index is 562. The normalized spacial score (nSPS) is 17.8. The third-order valence-electron chi connectivity index (χ3n) is 3.38. The van der Waals surface area contributed by atoms with Gasteiger partial charge >= 0.3 is 0 Å². The predicted molar refractivity (Wildman–Crippen MR) is 75.1 cm³/mol. The highest BCUT2D eigenvalue weighted by molar-refractivity contribution is 7.10. The Morgan fingerprint density at radius 3 is 2.94 bits per heavy atom. The molecule has 0 unspecified atom stereocenters. The summed E-state index contributed by atoms with van der Waals surface area (Å²) in [5.41, 5.74) is 2.37. The molecule has 0 N–H and O–H groups in total. The molecule has 0 fully saturated rings. The second kappa shape index (κ2) is 4.58. The third-order valence-corrected chi connectivity index (χ3v) is 4.26. The fourth-order valence-corrected chi connectivity index (χ4v) is 3.29. The van der Waals surface area contributed by atoms with Gasteiger partial charge in [0.25, 0.3) is 0 Å². The van der Waals surface area contributed by atoms with E-state index in [0.29, 0.717) is 6.42 Å². The summed E-state index contributed by atoms with van der Waals surface area (Å²) in [6.07, 6.45) is 1.47. The molecule has 0 saturated heterocycles. The number of carbonyl (C=O) groups excluding carboxylic acids is 1. The molecule has 0 aliphatic carbocycles. The largest absolute Gasteiger partial charge is 0.309 e. The van der Waals surface area contributed by atoms with Crippen molar-refractivity contribution >= 4 is 22.9 Å². The highest BCUT2D eigenvalue weighted by Gasteiger charge is 2.30. The predicted octanol–water partition coefficient (Wildman–Crippen LogP) is 3.27. The highest BCUT2D eigenvalue weighted by Crippen LogP contribution is 2.32. The smallest absolute Gasteiger partial charge is 0.232 e. The van der Waals surface area contributed by atoms with E-state index in [0.717, 1.165) is 17.0 Å². The minimum Gasteiger partial charge on any atom is -0.309 e. The first-order valence-electron chi connectivity index (χ1n) is 6.18. The standard InChI is InChI=1S/C15H15NOS/c1-11-9-12-5-2-3-7-14(12)16(11)15(17)10-13-6-4-8-18-13/h2-8,11H,9-10H2,1H3/t11-/m0/s1. The van der Waals surface area contributed by atoms with Crippen molar-refractivity contribution in [3.63, 3.8) is 0 Å². The third kappa shape index (κ3) is 1.95. The van der Waals surface area contributed by atoms with Crippen LogP contribution in [0.1, 0.15) is 17.4 Å². The van der Waals surface area contributed by atoms with Gasteiger partial charge in [-0.25, -0.2) is 0 Å². The van der Waals surface area contributed by atoms with Crippen LogP contribution in [0.2, 0.25) is 0 Å². The van der Waals surface area contributed by atoms with Crippen molar-refractivity contribution in [3.05, 3.63) is 52.2 Å². The zero-order valence-electron chi connectivity index (χ0n) is 10.3. The zero-order valence-corrected chi connectivity index (χ0v) is 11.1. The Balaban J connectivity index is 1.86. The molecule has 1 amide bonds. The van der Waals surface area contributed by atoms with Crippen molar-refractivity contribution in [1.82, 2.24) is 0 Å². The molecule has 2 nitrogen and oxygen atoms in total. The average molecular weight is 257 g/mol. The number of hydrogen-bond acceptors (Lipinski definition) is 2. The van der Waals surface area contributed by atoms with E-state index in [4.69, 9.17) is 0 Å². The Labute approximate surface area is 111 Å². The second-order valence-electron chi connectivity index (χ2n) is 4.70. The molecule has 0 bridgehead atoms. The summed E-state index contributed by atoms with van der Waals surface area (Å²) in [7, 11) is 0. The van der Waals surface area contributed by atoms with Crippen LogP contribution in [0.15, 0.2) is 41.8 Å². The number of amides is 1. The minimum absolute atomic E-state index is 0.204. The van der Waals surface area contributed by atoms with Crippen LogP contribution in [-0.2, 0) is 17.6 Å². The van der Waals surface area contributed by atoms with Gasteiger partial charge in [0, 0.05) is 16.6 Å². The van der Waals surface area contributed by atoms with E-state index >= 15 is 0 Å². The molecule has 2 heterocycles. The maximum atomic E-state index is 12.4. The van der Waals surface area contributed by atoms with E-state index in [9.17, 15) is 4.79 Å². The van der Waals surface area contributed by atoms with Crippen molar-refractivity contribution in [2.75, 3.05) is 4.90 Å². The van der Waals surface area contributed by atoms with Crippen LogP contribution in [0.3, 0.4) is 0 Å². The molecule has 92 valence electrons. The molecule has 3 rings (SSSR count). The van der Waals surface area contributed by atoms with Crippen LogP contribution < -0.4 is 4.90 Å². The number of para-hydroxylation sites is 1. The Morgan fingerprint density at radius 1 is 1.33 bits per heavy atom. The van der Waals surface area contributed by atoms with E-state index < -0.39 is 0 Å². The maximum absolute atomic E-state index is 12.4. The molecular formula is C15H15NOS. The van der Waals surface area contributed by atoms with Crippen molar-refractivity contribution in [2.24, 2.45) is 0 Å². The average Bonchev–Trinajstić information content (AvgIpc) is 2.94. The van der Waals surface area contributed by atoms with Gasteiger partial charge < -0.3 is 4.90 Å². The molecule has 1 aliphatic rings. The lowest BCUT2D eigenvalue weighted by molar-refractivity contribution is -0.118. The molecule has 1 aromatic heterocycles. The summed E-state index contributed by atoms with van der Waals surface area (Å²) < 4.78 is 0. The lowest BCUT2D eigenvalue weighted by Crippen LogP contribution is -2.36. The van der Waals surface area contributed by atoms with Gasteiger partial charge in [-0.05, 0) is 36.4 Å². The van der Waals surface area contributed by atoms with Crippen LogP contribution in [-0.4, -0.2) is 11.9 Å². The number of carbonyl (C=O) groups is 1. The van der Waals surface area contributed by atoms with E-state index in [1.54, 1.807) is 11.3 Å².